The summed E-state index contributed by atoms with van der Waals surface area (Å²) < 4.78 is 2.02. The molecular weight excluding hydrogens is 424 g/mol. The molecule has 1 fully saturated rings. The number of carbonyl (C=O) groups is 2. The molecule has 1 N–H and O–H groups in total. The van der Waals surface area contributed by atoms with Crippen molar-refractivity contribution in [3.05, 3.63) is 77.0 Å². The molecule has 3 aromatic rings. The number of hydrogen-bond donors (Lipinski definition) is 1. The zero-order chi connectivity index (χ0) is 24.7. The van der Waals surface area contributed by atoms with Gasteiger partial charge in [0.25, 0.3) is 0 Å². The van der Waals surface area contributed by atoms with E-state index in [4.69, 9.17) is 10.1 Å². The van der Waals surface area contributed by atoms with Crippen LogP contribution in [0, 0.1) is 0 Å². The molecule has 0 spiro atoms. The van der Waals surface area contributed by atoms with Crippen molar-refractivity contribution in [2.45, 2.75) is 65.3 Å². The third-order valence-electron chi connectivity index (χ3n) is 5.77. The van der Waals surface area contributed by atoms with Crippen LogP contribution in [0.15, 0.2) is 54.2 Å². The second kappa shape index (κ2) is 8.67. The Balaban J connectivity index is 1.63. The van der Waals surface area contributed by atoms with E-state index < -0.39 is 0 Å². The van der Waals surface area contributed by atoms with Crippen molar-refractivity contribution in [1.29, 1.82) is 0 Å². The Morgan fingerprint density at radius 3 is 2.21 bits per heavy atom. The molecule has 34 heavy (non-hydrogen) atoms. The minimum Gasteiger partial charge on any atom is -0.323 e. The van der Waals surface area contributed by atoms with E-state index in [0.29, 0.717) is 12.2 Å². The van der Waals surface area contributed by atoms with Gasteiger partial charge in [-0.05, 0) is 28.3 Å². The van der Waals surface area contributed by atoms with Gasteiger partial charge in [-0.15, -0.1) is 0 Å². The number of ketones is 1. The lowest BCUT2D eigenvalue weighted by molar-refractivity contribution is -0.121. The molecule has 0 atom stereocenters. The van der Waals surface area contributed by atoms with Gasteiger partial charge in [0.1, 0.15) is 5.82 Å². The Bertz CT molecular complexity index is 1270. The monoisotopic (exact) mass is 456 g/mol. The fraction of sp³-hybridized carbons (Fsp3) is 0.357. The average Bonchev–Trinajstić information content (AvgIpc) is 3.32. The average molecular weight is 457 g/mol. The third-order valence-corrected chi connectivity index (χ3v) is 5.77. The maximum atomic E-state index is 12.1. The van der Waals surface area contributed by atoms with Gasteiger partial charge in [-0.2, -0.15) is 5.10 Å². The SMILES string of the molecule is CC(C)(C)c1nc(C(C)(C)C)n(Cc2ccc(-c3ccccc3/C=C3\NC(=O)CC3=O)cc2)n1. The lowest BCUT2D eigenvalue weighted by atomic mass is 9.94. The van der Waals surface area contributed by atoms with E-state index in [9.17, 15) is 9.59 Å². The smallest absolute Gasteiger partial charge is 0.232 e. The number of nitrogens with zero attached hydrogens (tertiary/aromatic N) is 3. The van der Waals surface area contributed by atoms with Crippen LogP contribution in [-0.4, -0.2) is 26.5 Å². The first kappa shape index (κ1) is 23.6. The number of nitrogens with one attached hydrogen (secondary N) is 1. The summed E-state index contributed by atoms with van der Waals surface area (Å²) in [6.45, 7) is 13.5. The van der Waals surface area contributed by atoms with Crippen molar-refractivity contribution in [3.8, 4) is 11.1 Å². The van der Waals surface area contributed by atoms with Crippen LogP contribution in [-0.2, 0) is 27.0 Å². The van der Waals surface area contributed by atoms with Gasteiger partial charge < -0.3 is 5.32 Å². The summed E-state index contributed by atoms with van der Waals surface area (Å²) in [5, 5.41) is 7.49. The van der Waals surface area contributed by atoms with Crippen LogP contribution in [0.2, 0.25) is 0 Å². The summed E-state index contributed by atoms with van der Waals surface area (Å²) in [6, 6.07) is 16.2. The normalized spacial score (nSPS) is 15.8. The number of Topliss-reactive ketones (excluding diaryl/α,β-unsaturated/α-hetero) is 1. The van der Waals surface area contributed by atoms with Crippen molar-refractivity contribution in [3.63, 3.8) is 0 Å². The fourth-order valence-electron chi connectivity index (χ4n) is 3.95. The highest BCUT2D eigenvalue weighted by Gasteiger charge is 2.28. The topological polar surface area (TPSA) is 76.9 Å². The first-order valence-electron chi connectivity index (χ1n) is 11.6. The van der Waals surface area contributed by atoms with E-state index in [1.165, 1.54) is 0 Å². The number of rotatable bonds is 4. The zero-order valence-electron chi connectivity index (χ0n) is 20.8. The Kier molecular flexibility index (Phi) is 6.02. The maximum Gasteiger partial charge on any atom is 0.232 e. The quantitative estimate of drug-likeness (QED) is 0.442. The van der Waals surface area contributed by atoms with Gasteiger partial charge in [0.05, 0.1) is 18.7 Å². The zero-order valence-corrected chi connectivity index (χ0v) is 20.8. The summed E-state index contributed by atoms with van der Waals surface area (Å²) in [5.74, 6) is 1.40. The molecule has 6 nitrogen and oxygen atoms in total. The molecule has 1 saturated heterocycles. The second-order valence-corrected chi connectivity index (χ2v) is 10.9. The van der Waals surface area contributed by atoms with Gasteiger partial charge >= 0.3 is 0 Å². The molecule has 1 aliphatic rings. The van der Waals surface area contributed by atoms with Crippen molar-refractivity contribution in [2.24, 2.45) is 0 Å². The Morgan fingerprint density at radius 2 is 1.62 bits per heavy atom. The number of aromatic nitrogens is 3. The first-order chi connectivity index (χ1) is 15.9. The number of amides is 1. The highest BCUT2D eigenvalue weighted by Crippen LogP contribution is 2.28. The minimum atomic E-state index is -0.254. The van der Waals surface area contributed by atoms with Crippen LogP contribution in [0.25, 0.3) is 17.2 Å². The molecule has 1 aliphatic heterocycles. The number of hydrogen-bond acceptors (Lipinski definition) is 4. The van der Waals surface area contributed by atoms with Gasteiger partial charge in [0, 0.05) is 10.8 Å². The third kappa shape index (κ3) is 5.01. The van der Waals surface area contributed by atoms with E-state index in [0.717, 1.165) is 33.9 Å². The van der Waals surface area contributed by atoms with Crippen LogP contribution >= 0.6 is 0 Å². The standard InChI is InChI=1S/C28H32N4O2/c1-27(2,3)25-30-26(28(4,5)6)32(31-25)17-18-11-13-19(14-12-18)21-10-8-7-9-20(21)15-22-23(33)16-24(34)29-22/h7-15H,16-17H2,1-6H3,(H,29,34)/b22-15-. The summed E-state index contributed by atoms with van der Waals surface area (Å²) in [6.07, 6.45) is 1.67. The van der Waals surface area contributed by atoms with Crippen molar-refractivity contribution in [2.75, 3.05) is 0 Å². The molecule has 4 rings (SSSR count). The van der Waals surface area contributed by atoms with E-state index in [1.807, 2.05) is 28.9 Å². The van der Waals surface area contributed by atoms with E-state index in [1.54, 1.807) is 6.08 Å². The Morgan fingerprint density at radius 1 is 0.941 bits per heavy atom. The number of carbonyl (C=O) groups excluding carboxylic acids is 2. The van der Waals surface area contributed by atoms with Crippen LogP contribution in [0.4, 0.5) is 0 Å². The molecule has 0 bridgehead atoms. The van der Waals surface area contributed by atoms with Gasteiger partial charge in [0.15, 0.2) is 11.6 Å². The van der Waals surface area contributed by atoms with Crippen molar-refractivity contribution in [1.82, 2.24) is 20.1 Å². The summed E-state index contributed by atoms with van der Waals surface area (Å²) in [7, 11) is 0. The molecule has 2 aromatic carbocycles. The minimum absolute atomic E-state index is 0.0849. The maximum absolute atomic E-state index is 12.1. The van der Waals surface area contributed by atoms with Gasteiger partial charge in [-0.1, -0.05) is 90.1 Å². The molecule has 0 saturated carbocycles. The molecule has 176 valence electrons. The molecule has 2 heterocycles. The van der Waals surface area contributed by atoms with Crippen LogP contribution in [0.1, 0.15) is 70.7 Å². The van der Waals surface area contributed by atoms with Gasteiger partial charge in [-0.3, -0.25) is 9.59 Å². The predicted octanol–water partition coefficient (Wildman–Crippen LogP) is 5.02. The summed E-state index contributed by atoms with van der Waals surface area (Å²) in [5.41, 5.74) is 4.18. The number of benzene rings is 2. The largest absolute Gasteiger partial charge is 0.323 e. The molecule has 0 unspecified atom stereocenters. The molecule has 0 aliphatic carbocycles. The summed E-state index contributed by atoms with van der Waals surface area (Å²) >= 11 is 0. The van der Waals surface area contributed by atoms with E-state index >= 15 is 0 Å². The van der Waals surface area contributed by atoms with Crippen LogP contribution in [0.3, 0.4) is 0 Å². The fourth-order valence-corrected chi connectivity index (χ4v) is 3.95. The molecule has 1 amide bonds. The van der Waals surface area contributed by atoms with Crippen molar-refractivity contribution < 1.29 is 9.59 Å². The van der Waals surface area contributed by atoms with Gasteiger partial charge in [-0.25, -0.2) is 9.67 Å². The summed E-state index contributed by atoms with van der Waals surface area (Å²) in [4.78, 5) is 28.5. The number of allylic oxidation sites excluding steroid dienone is 1. The lowest BCUT2D eigenvalue weighted by Gasteiger charge is -2.18. The molecular formula is C28H32N4O2. The Labute approximate surface area is 201 Å². The van der Waals surface area contributed by atoms with E-state index in [2.05, 4.69) is 71.1 Å². The Hall–Kier alpha value is -3.54. The highest BCUT2D eigenvalue weighted by molar-refractivity contribution is 6.17. The van der Waals surface area contributed by atoms with Crippen LogP contribution < -0.4 is 5.32 Å². The molecule has 6 heteroatoms. The van der Waals surface area contributed by atoms with E-state index in [-0.39, 0.29) is 28.9 Å². The van der Waals surface area contributed by atoms with Crippen molar-refractivity contribution >= 4 is 17.8 Å². The first-order valence-corrected chi connectivity index (χ1v) is 11.6. The second-order valence-electron chi connectivity index (χ2n) is 10.9. The lowest BCUT2D eigenvalue weighted by Crippen LogP contribution is -2.20. The highest BCUT2D eigenvalue weighted by atomic mass is 16.2. The van der Waals surface area contributed by atoms with Crippen LogP contribution in [0.5, 0.6) is 0 Å². The molecule has 1 aromatic heterocycles. The van der Waals surface area contributed by atoms with Gasteiger partial charge in [0.2, 0.25) is 5.91 Å². The predicted molar refractivity (Wildman–Crippen MR) is 134 cm³/mol. The molecule has 0 radical (unpaired) electrons.